The number of hydrogen-bond donors (Lipinski definition) is 0. The molecule has 132 valence electrons. The third kappa shape index (κ3) is 4.27. The maximum Gasteiger partial charge on any atom is 0.374 e. The summed E-state index contributed by atoms with van der Waals surface area (Å²) in [4.78, 5) is 14.2. The van der Waals surface area contributed by atoms with Crippen LogP contribution in [-0.2, 0) is 20.8 Å². The summed E-state index contributed by atoms with van der Waals surface area (Å²) in [5.74, 6) is -0.282. The molecule has 0 aliphatic carbocycles. The highest BCUT2D eigenvalue weighted by molar-refractivity contribution is 6.31. The molecule has 2 rings (SSSR count). The van der Waals surface area contributed by atoms with Crippen LogP contribution in [0, 0.1) is 0 Å². The van der Waals surface area contributed by atoms with Gasteiger partial charge in [0.2, 0.25) is 5.76 Å². The summed E-state index contributed by atoms with van der Waals surface area (Å²) >= 11 is 6.09. The van der Waals surface area contributed by atoms with E-state index in [1.807, 2.05) is 11.9 Å². The molecule has 0 unspecified atom stereocenters. The molecule has 2 aromatic rings. The van der Waals surface area contributed by atoms with Crippen molar-refractivity contribution in [3.8, 4) is 0 Å². The molecular formula is C17H22ClNO5. The van der Waals surface area contributed by atoms with E-state index in [0.29, 0.717) is 23.7 Å². The van der Waals surface area contributed by atoms with Crippen LogP contribution < -0.4 is 0 Å². The second-order valence-corrected chi connectivity index (χ2v) is 5.80. The molecule has 0 aliphatic rings. The van der Waals surface area contributed by atoms with Crippen molar-refractivity contribution in [2.24, 2.45) is 0 Å². The molecule has 0 saturated carbocycles. The van der Waals surface area contributed by atoms with Crippen LogP contribution in [0.2, 0.25) is 5.02 Å². The maximum absolute atomic E-state index is 12.2. The van der Waals surface area contributed by atoms with Crippen LogP contribution in [0.5, 0.6) is 0 Å². The number of esters is 1. The number of ether oxygens (including phenoxy) is 3. The SMILES string of the molecule is CCOC(=O)c1oc2ccc(Cl)cc2c1CN(C)CC(OC)OC. The zero-order valence-corrected chi connectivity index (χ0v) is 15.1. The Balaban J connectivity index is 2.36. The first-order valence-corrected chi connectivity index (χ1v) is 8.00. The van der Waals surface area contributed by atoms with Crippen LogP contribution in [0.1, 0.15) is 23.0 Å². The Morgan fingerprint density at radius 2 is 2.04 bits per heavy atom. The van der Waals surface area contributed by atoms with Crippen molar-refractivity contribution in [1.29, 1.82) is 0 Å². The number of likely N-dealkylation sites (N-methyl/N-ethyl adjacent to an activating group) is 1. The Morgan fingerprint density at radius 3 is 2.67 bits per heavy atom. The van der Waals surface area contributed by atoms with E-state index in [4.69, 9.17) is 30.2 Å². The number of fused-ring (bicyclic) bond motifs is 1. The smallest absolute Gasteiger partial charge is 0.374 e. The van der Waals surface area contributed by atoms with Crippen LogP contribution in [0.4, 0.5) is 0 Å². The minimum absolute atomic E-state index is 0.201. The average molecular weight is 356 g/mol. The fourth-order valence-corrected chi connectivity index (χ4v) is 2.65. The van der Waals surface area contributed by atoms with Gasteiger partial charge in [0.25, 0.3) is 0 Å². The van der Waals surface area contributed by atoms with Gasteiger partial charge in [0.1, 0.15) is 5.58 Å². The lowest BCUT2D eigenvalue weighted by atomic mass is 10.1. The van der Waals surface area contributed by atoms with Crippen molar-refractivity contribution in [3.05, 3.63) is 34.5 Å². The maximum atomic E-state index is 12.2. The van der Waals surface area contributed by atoms with Crippen molar-refractivity contribution >= 4 is 28.5 Å². The van der Waals surface area contributed by atoms with Gasteiger partial charge in [0, 0.05) is 43.3 Å². The Bertz CT molecular complexity index is 696. The first kappa shape index (κ1) is 18.7. The molecule has 0 atom stereocenters. The summed E-state index contributed by atoms with van der Waals surface area (Å²) < 4.78 is 21.2. The predicted molar refractivity (Wildman–Crippen MR) is 91.3 cm³/mol. The molecule has 7 heteroatoms. The van der Waals surface area contributed by atoms with E-state index < -0.39 is 5.97 Å². The molecule has 0 radical (unpaired) electrons. The van der Waals surface area contributed by atoms with Crippen molar-refractivity contribution in [1.82, 2.24) is 4.90 Å². The third-order valence-corrected chi connectivity index (χ3v) is 3.86. The number of carbonyl (C=O) groups is 1. The molecule has 0 spiro atoms. The minimum Gasteiger partial charge on any atom is -0.460 e. The number of furan rings is 1. The lowest BCUT2D eigenvalue weighted by molar-refractivity contribution is -0.114. The lowest BCUT2D eigenvalue weighted by Gasteiger charge is -2.21. The number of methoxy groups -OCH3 is 2. The van der Waals surface area contributed by atoms with Gasteiger partial charge >= 0.3 is 5.97 Å². The number of benzene rings is 1. The number of halogens is 1. The van der Waals surface area contributed by atoms with Gasteiger partial charge in [-0.05, 0) is 32.2 Å². The van der Waals surface area contributed by atoms with Gasteiger partial charge in [-0.15, -0.1) is 0 Å². The highest BCUT2D eigenvalue weighted by atomic mass is 35.5. The summed E-state index contributed by atoms with van der Waals surface area (Å²) in [5, 5.41) is 1.37. The van der Waals surface area contributed by atoms with Gasteiger partial charge in [-0.1, -0.05) is 11.6 Å². The Kier molecular flexibility index (Phi) is 6.62. The van der Waals surface area contributed by atoms with Crippen LogP contribution >= 0.6 is 11.6 Å². The summed E-state index contributed by atoms with van der Waals surface area (Å²) in [6.45, 7) is 3.03. The monoisotopic (exact) mass is 355 g/mol. The van der Waals surface area contributed by atoms with Crippen LogP contribution in [0.15, 0.2) is 22.6 Å². The molecule has 6 nitrogen and oxygen atoms in total. The molecule has 0 fully saturated rings. The first-order valence-electron chi connectivity index (χ1n) is 7.62. The summed E-state index contributed by atoms with van der Waals surface area (Å²) in [6, 6.07) is 5.26. The lowest BCUT2D eigenvalue weighted by Crippen LogP contribution is -2.31. The number of hydrogen-bond acceptors (Lipinski definition) is 6. The minimum atomic E-state index is -0.483. The Labute approximate surface area is 146 Å². The van der Waals surface area contributed by atoms with Gasteiger partial charge in [0.15, 0.2) is 6.29 Å². The van der Waals surface area contributed by atoms with Crippen LogP contribution in [0.25, 0.3) is 11.0 Å². The predicted octanol–water partition coefficient (Wildman–Crippen LogP) is 3.31. The molecule has 1 aromatic heterocycles. The van der Waals surface area contributed by atoms with E-state index in [0.717, 1.165) is 10.9 Å². The van der Waals surface area contributed by atoms with Gasteiger partial charge in [-0.3, -0.25) is 4.90 Å². The highest BCUT2D eigenvalue weighted by Gasteiger charge is 2.23. The topological polar surface area (TPSA) is 61.1 Å². The first-order chi connectivity index (χ1) is 11.5. The molecule has 1 aromatic carbocycles. The van der Waals surface area contributed by atoms with E-state index in [9.17, 15) is 4.79 Å². The second kappa shape index (κ2) is 8.48. The molecule has 0 amide bonds. The van der Waals surface area contributed by atoms with E-state index in [1.165, 1.54) is 0 Å². The summed E-state index contributed by atoms with van der Waals surface area (Å²) in [5.41, 5.74) is 1.33. The highest BCUT2D eigenvalue weighted by Crippen LogP contribution is 2.30. The zero-order chi connectivity index (χ0) is 17.7. The van der Waals surface area contributed by atoms with E-state index >= 15 is 0 Å². The fourth-order valence-electron chi connectivity index (χ4n) is 2.47. The molecule has 0 bridgehead atoms. The number of rotatable bonds is 8. The van der Waals surface area contributed by atoms with E-state index in [-0.39, 0.29) is 18.7 Å². The van der Waals surface area contributed by atoms with E-state index in [1.54, 1.807) is 39.3 Å². The van der Waals surface area contributed by atoms with Crippen molar-refractivity contribution in [2.45, 2.75) is 19.8 Å². The van der Waals surface area contributed by atoms with Gasteiger partial charge in [0.05, 0.1) is 6.61 Å². The normalized spacial score (nSPS) is 11.6. The van der Waals surface area contributed by atoms with Gasteiger partial charge in [-0.25, -0.2) is 4.79 Å². The second-order valence-electron chi connectivity index (χ2n) is 5.37. The largest absolute Gasteiger partial charge is 0.460 e. The quantitative estimate of drug-likeness (QED) is 0.534. The molecule has 24 heavy (non-hydrogen) atoms. The van der Waals surface area contributed by atoms with Gasteiger partial charge < -0.3 is 18.6 Å². The van der Waals surface area contributed by atoms with Crippen molar-refractivity contribution in [2.75, 3.05) is 34.4 Å². The molecular weight excluding hydrogens is 334 g/mol. The standard InChI is InChI=1S/C17H22ClNO5/c1-5-23-17(20)16-13(9-19(2)10-15(21-3)22-4)12-8-11(18)6-7-14(12)24-16/h6-8,15H,5,9-10H2,1-4H3. The third-order valence-electron chi connectivity index (χ3n) is 3.63. The Morgan fingerprint density at radius 1 is 1.33 bits per heavy atom. The zero-order valence-electron chi connectivity index (χ0n) is 14.3. The van der Waals surface area contributed by atoms with Gasteiger partial charge in [-0.2, -0.15) is 0 Å². The Hall–Kier alpha value is -1.60. The number of carbonyl (C=O) groups excluding carboxylic acids is 1. The van der Waals surface area contributed by atoms with Crippen LogP contribution in [-0.4, -0.2) is 51.6 Å². The number of nitrogens with zero attached hydrogens (tertiary/aromatic N) is 1. The average Bonchev–Trinajstić information content (AvgIpc) is 2.91. The molecule has 0 saturated heterocycles. The van der Waals surface area contributed by atoms with E-state index in [2.05, 4.69) is 0 Å². The summed E-state index contributed by atoms with van der Waals surface area (Å²) in [6.07, 6.45) is -0.359. The van der Waals surface area contributed by atoms with Crippen molar-refractivity contribution in [3.63, 3.8) is 0 Å². The van der Waals surface area contributed by atoms with Crippen LogP contribution in [0.3, 0.4) is 0 Å². The fraction of sp³-hybridized carbons (Fsp3) is 0.471. The van der Waals surface area contributed by atoms with Crippen molar-refractivity contribution < 1.29 is 23.4 Å². The molecule has 0 N–H and O–H groups in total. The molecule has 0 aliphatic heterocycles. The molecule has 1 heterocycles. The summed E-state index contributed by atoms with van der Waals surface area (Å²) in [7, 11) is 5.07.